The monoisotopic (exact) mass is 519 g/mol. The van der Waals surface area contributed by atoms with Crippen molar-refractivity contribution in [3.8, 4) is 28.1 Å². The maximum absolute atomic E-state index is 6.61. The molecule has 0 spiro atoms. The van der Waals surface area contributed by atoms with Crippen molar-refractivity contribution >= 4 is 11.6 Å². The molecule has 0 N–H and O–H groups in total. The third-order valence-corrected chi connectivity index (χ3v) is 7.79. The summed E-state index contributed by atoms with van der Waals surface area (Å²) < 4.78 is 6.00. The topological polar surface area (TPSA) is 22.1 Å². The number of hydrogen-bond donors (Lipinski definition) is 0. The van der Waals surface area contributed by atoms with Crippen molar-refractivity contribution in [2.24, 2.45) is 11.8 Å². The van der Waals surface area contributed by atoms with E-state index in [4.69, 9.17) is 21.3 Å². The van der Waals surface area contributed by atoms with E-state index in [9.17, 15) is 0 Å². The number of aromatic nitrogens is 1. The first-order chi connectivity index (χ1) is 18.0. The zero-order valence-electron chi connectivity index (χ0n) is 23.4. The molecule has 0 aliphatic carbocycles. The molecule has 2 unspecified atom stereocenters. The number of alkyl halides is 1. The number of halogens is 1. The normalized spacial score (nSPS) is 13.0. The molecule has 2 atom stereocenters. The highest BCUT2D eigenvalue weighted by Gasteiger charge is 2.15. The van der Waals surface area contributed by atoms with Crippen LogP contribution in [0.1, 0.15) is 84.6 Å². The van der Waals surface area contributed by atoms with E-state index in [-0.39, 0.29) is 5.38 Å². The highest BCUT2D eigenvalue weighted by Crippen LogP contribution is 2.27. The predicted octanol–water partition coefficient (Wildman–Crippen LogP) is 10.4. The standard InChI is InChI=1S/C34H46ClNO/c1-5-6-7-8-9-13-28-14-23-34(36-24-28)31-17-15-29(16-18-31)30-19-21-32(22-20-30)37-25-33(35)27(4)12-10-11-26(2)3/h14-24,26-27,33H,5-13,25H2,1-4H3. The maximum Gasteiger partial charge on any atom is 0.119 e. The van der Waals surface area contributed by atoms with Crippen LogP contribution in [0.3, 0.4) is 0 Å². The largest absolute Gasteiger partial charge is 0.492 e. The molecular formula is C34H46ClNO. The van der Waals surface area contributed by atoms with Gasteiger partial charge in [-0.2, -0.15) is 0 Å². The van der Waals surface area contributed by atoms with Gasteiger partial charge in [0, 0.05) is 11.8 Å². The van der Waals surface area contributed by atoms with E-state index in [0.29, 0.717) is 12.5 Å². The first-order valence-corrected chi connectivity index (χ1v) is 14.8. The van der Waals surface area contributed by atoms with Crippen LogP contribution in [0.25, 0.3) is 22.4 Å². The van der Waals surface area contributed by atoms with Crippen LogP contribution >= 0.6 is 11.6 Å². The van der Waals surface area contributed by atoms with Gasteiger partial charge in [-0.05, 0) is 66.0 Å². The Kier molecular flexibility index (Phi) is 12.5. The van der Waals surface area contributed by atoms with E-state index in [2.05, 4.69) is 76.2 Å². The third-order valence-electron chi connectivity index (χ3n) is 7.23. The lowest BCUT2D eigenvalue weighted by molar-refractivity contribution is 0.280. The Bertz CT molecular complexity index is 1010. The first-order valence-electron chi connectivity index (χ1n) is 14.4. The Hall–Kier alpha value is -2.32. The van der Waals surface area contributed by atoms with Gasteiger partial charge in [-0.1, -0.05) is 109 Å². The summed E-state index contributed by atoms with van der Waals surface area (Å²) in [4.78, 5) is 4.72. The van der Waals surface area contributed by atoms with Crippen LogP contribution in [0.5, 0.6) is 5.75 Å². The Morgan fingerprint density at radius 3 is 2.00 bits per heavy atom. The van der Waals surface area contributed by atoms with Gasteiger partial charge in [-0.15, -0.1) is 11.6 Å². The smallest absolute Gasteiger partial charge is 0.119 e. The van der Waals surface area contributed by atoms with Gasteiger partial charge in [-0.3, -0.25) is 4.98 Å². The third kappa shape index (κ3) is 10.2. The maximum atomic E-state index is 6.61. The van der Waals surface area contributed by atoms with E-state index in [1.165, 1.54) is 61.6 Å². The molecule has 0 amide bonds. The molecule has 37 heavy (non-hydrogen) atoms. The highest BCUT2D eigenvalue weighted by molar-refractivity contribution is 6.20. The number of hydrogen-bond acceptors (Lipinski definition) is 2. The molecule has 3 aromatic rings. The van der Waals surface area contributed by atoms with Crippen LogP contribution in [-0.2, 0) is 6.42 Å². The lowest BCUT2D eigenvalue weighted by Crippen LogP contribution is -2.20. The molecule has 2 nitrogen and oxygen atoms in total. The Labute approximate surface area is 230 Å². The Morgan fingerprint density at radius 2 is 1.38 bits per heavy atom. The number of nitrogens with zero attached hydrogens (tertiary/aromatic N) is 1. The molecule has 0 bridgehead atoms. The lowest BCUT2D eigenvalue weighted by Gasteiger charge is -2.19. The van der Waals surface area contributed by atoms with Crippen LogP contribution < -0.4 is 4.74 Å². The summed E-state index contributed by atoms with van der Waals surface area (Å²) in [5, 5.41) is 0.0350. The second-order valence-electron chi connectivity index (χ2n) is 10.9. The summed E-state index contributed by atoms with van der Waals surface area (Å²) in [6, 6.07) is 21.4. The molecule has 1 heterocycles. The van der Waals surface area contributed by atoms with Gasteiger partial charge in [0.1, 0.15) is 12.4 Å². The molecule has 2 aromatic carbocycles. The van der Waals surface area contributed by atoms with E-state index < -0.39 is 0 Å². The van der Waals surface area contributed by atoms with Gasteiger partial charge in [-0.25, -0.2) is 0 Å². The zero-order valence-corrected chi connectivity index (χ0v) is 24.1. The van der Waals surface area contributed by atoms with Gasteiger partial charge < -0.3 is 4.74 Å². The first kappa shape index (κ1) is 29.2. The number of ether oxygens (including phenoxy) is 1. The summed E-state index contributed by atoms with van der Waals surface area (Å²) in [5.74, 6) is 2.08. The van der Waals surface area contributed by atoms with Crippen molar-refractivity contribution in [1.29, 1.82) is 0 Å². The van der Waals surface area contributed by atoms with E-state index in [1.54, 1.807) is 0 Å². The van der Waals surface area contributed by atoms with E-state index >= 15 is 0 Å². The summed E-state index contributed by atoms with van der Waals surface area (Å²) in [7, 11) is 0. The fourth-order valence-electron chi connectivity index (χ4n) is 4.62. The molecular weight excluding hydrogens is 474 g/mol. The minimum absolute atomic E-state index is 0.0350. The van der Waals surface area contributed by atoms with Gasteiger partial charge in [0.15, 0.2) is 0 Å². The quantitative estimate of drug-likeness (QED) is 0.139. The summed E-state index contributed by atoms with van der Waals surface area (Å²) >= 11 is 6.61. The second-order valence-corrected chi connectivity index (χ2v) is 11.5. The second kappa shape index (κ2) is 15.8. The van der Waals surface area contributed by atoms with Crippen molar-refractivity contribution in [2.75, 3.05) is 6.61 Å². The molecule has 0 saturated carbocycles. The summed E-state index contributed by atoms with van der Waals surface area (Å²) in [6.45, 7) is 9.58. The van der Waals surface area contributed by atoms with Crippen molar-refractivity contribution < 1.29 is 4.74 Å². The molecule has 0 aliphatic rings. The molecule has 3 rings (SSSR count). The van der Waals surface area contributed by atoms with Crippen molar-refractivity contribution in [1.82, 2.24) is 4.98 Å². The Morgan fingerprint density at radius 1 is 0.730 bits per heavy atom. The van der Waals surface area contributed by atoms with Crippen molar-refractivity contribution in [3.05, 3.63) is 72.4 Å². The minimum atomic E-state index is 0.0350. The van der Waals surface area contributed by atoms with E-state index in [0.717, 1.165) is 35.8 Å². The number of pyridine rings is 1. The number of benzene rings is 2. The number of rotatable bonds is 16. The summed E-state index contributed by atoms with van der Waals surface area (Å²) in [6.07, 6.45) is 13.4. The summed E-state index contributed by atoms with van der Waals surface area (Å²) in [5.41, 5.74) is 5.87. The van der Waals surface area contributed by atoms with Gasteiger partial charge in [0.2, 0.25) is 0 Å². The number of unbranched alkanes of at least 4 members (excludes halogenated alkanes) is 4. The average Bonchev–Trinajstić information content (AvgIpc) is 2.92. The molecule has 200 valence electrons. The SMILES string of the molecule is CCCCCCCc1ccc(-c2ccc(-c3ccc(OCC(Cl)C(C)CCCC(C)C)cc3)cc2)nc1. The van der Waals surface area contributed by atoms with Gasteiger partial charge in [0.25, 0.3) is 0 Å². The molecule has 0 fully saturated rings. The Balaban J connectivity index is 1.48. The zero-order chi connectivity index (χ0) is 26.5. The molecule has 0 radical (unpaired) electrons. The molecule has 0 saturated heterocycles. The van der Waals surface area contributed by atoms with Crippen LogP contribution in [0, 0.1) is 11.8 Å². The van der Waals surface area contributed by atoms with Crippen LogP contribution in [0.4, 0.5) is 0 Å². The predicted molar refractivity (Wildman–Crippen MR) is 161 cm³/mol. The minimum Gasteiger partial charge on any atom is -0.492 e. The highest BCUT2D eigenvalue weighted by atomic mass is 35.5. The fraction of sp³-hybridized carbons (Fsp3) is 0.500. The van der Waals surface area contributed by atoms with Crippen LogP contribution in [0.2, 0.25) is 0 Å². The van der Waals surface area contributed by atoms with E-state index in [1.807, 2.05) is 18.3 Å². The molecule has 3 heteroatoms. The van der Waals surface area contributed by atoms with Crippen LogP contribution in [-0.4, -0.2) is 17.0 Å². The van der Waals surface area contributed by atoms with Crippen molar-refractivity contribution in [3.63, 3.8) is 0 Å². The van der Waals surface area contributed by atoms with Gasteiger partial charge in [0.05, 0.1) is 11.1 Å². The van der Waals surface area contributed by atoms with Crippen molar-refractivity contribution in [2.45, 2.75) is 90.9 Å². The number of aryl methyl sites for hydroxylation is 1. The van der Waals surface area contributed by atoms with Gasteiger partial charge >= 0.3 is 0 Å². The fourth-order valence-corrected chi connectivity index (χ4v) is 4.81. The van der Waals surface area contributed by atoms with Crippen LogP contribution in [0.15, 0.2) is 66.9 Å². The average molecular weight is 520 g/mol. The molecule has 0 aliphatic heterocycles. The molecule has 1 aromatic heterocycles. The lowest BCUT2D eigenvalue weighted by atomic mass is 9.97.